The highest BCUT2D eigenvalue weighted by Crippen LogP contribution is 2.26. The van der Waals surface area contributed by atoms with E-state index in [9.17, 15) is 4.79 Å². The Hall–Kier alpha value is -1.19. The van der Waals surface area contributed by atoms with Gasteiger partial charge in [-0.3, -0.25) is 4.79 Å². The minimum absolute atomic E-state index is 0.488. The van der Waals surface area contributed by atoms with Gasteiger partial charge in [-0.15, -0.1) is 0 Å². The van der Waals surface area contributed by atoms with Gasteiger partial charge in [0, 0.05) is 12.1 Å². The average molecular weight is 218 g/mol. The van der Waals surface area contributed by atoms with E-state index in [-0.39, 0.29) is 0 Å². The van der Waals surface area contributed by atoms with Crippen molar-refractivity contribution in [2.24, 2.45) is 11.7 Å². The van der Waals surface area contributed by atoms with Gasteiger partial charge in [-0.25, -0.2) is 0 Å². The number of nitrogens with two attached hydrogens (primary N) is 1. The zero-order valence-electron chi connectivity index (χ0n) is 9.36. The maximum Gasteiger partial charge on any atom is 0.150 e. The number of carbonyl (C=O) groups excluding carboxylic acids is 1. The number of piperidine rings is 1. The van der Waals surface area contributed by atoms with Crippen molar-refractivity contribution in [2.45, 2.75) is 12.3 Å². The lowest BCUT2D eigenvalue weighted by Gasteiger charge is -2.29. The third-order valence-corrected chi connectivity index (χ3v) is 3.29. The lowest BCUT2D eigenvalue weighted by Crippen LogP contribution is -2.38. The van der Waals surface area contributed by atoms with Gasteiger partial charge in [-0.1, -0.05) is 18.2 Å². The molecule has 1 aliphatic heterocycles. The fourth-order valence-electron chi connectivity index (χ4n) is 2.35. The van der Waals surface area contributed by atoms with Crippen molar-refractivity contribution < 1.29 is 4.79 Å². The van der Waals surface area contributed by atoms with Crippen molar-refractivity contribution >= 4 is 6.29 Å². The summed E-state index contributed by atoms with van der Waals surface area (Å²) >= 11 is 0. The van der Waals surface area contributed by atoms with Gasteiger partial charge in [0.1, 0.15) is 6.29 Å². The molecule has 2 unspecified atom stereocenters. The van der Waals surface area contributed by atoms with E-state index in [0.717, 1.165) is 37.9 Å². The maximum atomic E-state index is 10.7. The van der Waals surface area contributed by atoms with Crippen LogP contribution in [0, 0.1) is 5.92 Å². The van der Waals surface area contributed by atoms with Crippen LogP contribution in [0.5, 0.6) is 0 Å². The van der Waals surface area contributed by atoms with E-state index < -0.39 is 0 Å². The van der Waals surface area contributed by atoms with Crippen LogP contribution in [0.2, 0.25) is 0 Å². The van der Waals surface area contributed by atoms with Gasteiger partial charge in [0.2, 0.25) is 0 Å². The Balaban J connectivity index is 2.13. The maximum absolute atomic E-state index is 10.7. The van der Waals surface area contributed by atoms with Gasteiger partial charge in [0.25, 0.3) is 0 Å². The molecular formula is C13H18N2O. The van der Waals surface area contributed by atoms with E-state index in [1.807, 2.05) is 18.2 Å². The van der Waals surface area contributed by atoms with Crippen molar-refractivity contribution in [3.63, 3.8) is 0 Å². The third kappa shape index (κ3) is 2.49. The molecule has 1 heterocycles. The van der Waals surface area contributed by atoms with Crippen molar-refractivity contribution in [1.82, 2.24) is 5.32 Å². The van der Waals surface area contributed by atoms with E-state index in [1.54, 1.807) is 0 Å². The topological polar surface area (TPSA) is 55.1 Å². The highest BCUT2D eigenvalue weighted by molar-refractivity contribution is 5.75. The molecule has 16 heavy (non-hydrogen) atoms. The molecule has 3 N–H and O–H groups in total. The normalized spacial score (nSPS) is 25.3. The molecule has 86 valence electrons. The molecule has 1 aromatic rings. The van der Waals surface area contributed by atoms with Crippen LogP contribution in [0.4, 0.5) is 0 Å². The smallest absolute Gasteiger partial charge is 0.150 e. The van der Waals surface area contributed by atoms with Crippen LogP contribution >= 0.6 is 0 Å². The largest absolute Gasteiger partial charge is 0.330 e. The Morgan fingerprint density at radius 3 is 3.06 bits per heavy atom. The van der Waals surface area contributed by atoms with E-state index in [0.29, 0.717) is 11.8 Å². The number of nitrogens with one attached hydrogen (secondary N) is 1. The summed E-state index contributed by atoms with van der Waals surface area (Å²) in [5, 5.41) is 3.40. The first-order valence-corrected chi connectivity index (χ1v) is 5.79. The number of aldehydes is 1. The Morgan fingerprint density at radius 1 is 1.44 bits per heavy atom. The van der Waals surface area contributed by atoms with Gasteiger partial charge in [0.15, 0.2) is 0 Å². The molecule has 2 atom stereocenters. The number of benzene rings is 1. The zero-order valence-corrected chi connectivity index (χ0v) is 9.36. The molecule has 0 spiro atoms. The number of hydrogen-bond acceptors (Lipinski definition) is 3. The van der Waals surface area contributed by atoms with Crippen LogP contribution in [0.25, 0.3) is 0 Å². The summed E-state index contributed by atoms with van der Waals surface area (Å²) in [4.78, 5) is 10.7. The predicted molar refractivity (Wildman–Crippen MR) is 64.6 cm³/mol. The Kier molecular flexibility index (Phi) is 3.70. The van der Waals surface area contributed by atoms with Crippen LogP contribution < -0.4 is 11.1 Å². The molecule has 1 saturated heterocycles. The first-order chi connectivity index (χ1) is 7.83. The Labute approximate surface area is 96.0 Å². The minimum Gasteiger partial charge on any atom is -0.330 e. The van der Waals surface area contributed by atoms with E-state index in [1.165, 1.54) is 5.56 Å². The lowest BCUT2D eigenvalue weighted by atomic mass is 9.85. The molecule has 0 saturated carbocycles. The van der Waals surface area contributed by atoms with Crippen LogP contribution in [-0.2, 0) is 0 Å². The summed E-state index contributed by atoms with van der Waals surface area (Å²) < 4.78 is 0. The number of carbonyl (C=O) groups is 1. The zero-order chi connectivity index (χ0) is 11.4. The molecule has 3 nitrogen and oxygen atoms in total. The molecule has 1 aliphatic rings. The molecule has 0 aliphatic carbocycles. The van der Waals surface area contributed by atoms with Gasteiger partial charge in [-0.2, -0.15) is 0 Å². The predicted octanol–water partition coefficient (Wildman–Crippen LogP) is 1.15. The minimum atomic E-state index is 0.488. The molecule has 1 aromatic carbocycles. The third-order valence-electron chi connectivity index (χ3n) is 3.29. The van der Waals surface area contributed by atoms with E-state index in [2.05, 4.69) is 11.4 Å². The SMILES string of the molecule is NCC1CNCC(c2cccc(C=O)c2)C1. The van der Waals surface area contributed by atoms with Crippen LogP contribution in [-0.4, -0.2) is 25.9 Å². The second-order valence-corrected chi connectivity index (χ2v) is 4.48. The standard InChI is InChI=1S/C13H18N2O/c14-6-11-5-13(8-15-7-11)12-3-1-2-10(4-12)9-16/h1-4,9,11,13,15H,5-8,14H2. The second-order valence-electron chi connectivity index (χ2n) is 4.48. The molecule has 0 radical (unpaired) electrons. The first kappa shape index (κ1) is 11.3. The summed E-state index contributed by atoms with van der Waals surface area (Å²) in [6.45, 7) is 2.73. The second kappa shape index (κ2) is 5.23. The summed E-state index contributed by atoms with van der Waals surface area (Å²) in [5.74, 6) is 1.04. The lowest BCUT2D eigenvalue weighted by molar-refractivity contribution is 0.112. The number of rotatable bonds is 3. The summed E-state index contributed by atoms with van der Waals surface area (Å²) in [6.07, 6.45) is 2.02. The first-order valence-electron chi connectivity index (χ1n) is 5.79. The quantitative estimate of drug-likeness (QED) is 0.748. The van der Waals surface area contributed by atoms with E-state index >= 15 is 0 Å². The highest BCUT2D eigenvalue weighted by Gasteiger charge is 2.21. The highest BCUT2D eigenvalue weighted by atomic mass is 16.1. The Morgan fingerprint density at radius 2 is 2.31 bits per heavy atom. The monoisotopic (exact) mass is 218 g/mol. The molecule has 0 aromatic heterocycles. The molecular weight excluding hydrogens is 200 g/mol. The van der Waals surface area contributed by atoms with Crippen molar-refractivity contribution in [1.29, 1.82) is 0 Å². The molecule has 0 bridgehead atoms. The summed E-state index contributed by atoms with van der Waals surface area (Å²) in [7, 11) is 0. The Bertz CT molecular complexity index is 365. The van der Waals surface area contributed by atoms with Crippen LogP contribution in [0.3, 0.4) is 0 Å². The molecule has 1 fully saturated rings. The van der Waals surface area contributed by atoms with Gasteiger partial charge < -0.3 is 11.1 Å². The van der Waals surface area contributed by atoms with Crippen molar-refractivity contribution in [2.75, 3.05) is 19.6 Å². The molecule has 3 heteroatoms. The average Bonchev–Trinajstić information content (AvgIpc) is 2.39. The number of hydrogen-bond donors (Lipinski definition) is 2. The molecule has 0 amide bonds. The van der Waals surface area contributed by atoms with Crippen LogP contribution in [0.1, 0.15) is 28.3 Å². The van der Waals surface area contributed by atoms with Crippen molar-refractivity contribution in [3.8, 4) is 0 Å². The fourth-order valence-corrected chi connectivity index (χ4v) is 2.35. The fraction of sp³-hybridized carbons (Fsp3) is 0.462. The van der Waals surface area contributed by atoms with Crippen LogP contribution in [0.15, 0.2) is 24.3 Å². The summed E-state index contributed by atoms with van der Waals surface area (Å²) in [5.41, 5.74) is 7.71. The van der Waals surface area contributed by atoms with Crippen molar-refractivity contribution in [3.05, 3.63) is 35.4 Å². The molecule has 2 rings (SSSR count). The summed E-state index contributed by atoms with van der Waals surface area (Å²) in [6, 6.07) is 7.87. The van der Waals surface area contributed by atoms with Gasteiger partial charge in [0.05, 0.1) is 0 Å². The van der Waals surface area contributed by atoms with E-state index in [4.69, 9.17) is 5.73 Å². The van der Waals surface area contributed by atoms with Gasteiger partial charge >= 0.3 is 0 Å². The van der Waals surface area contributed by atoms with Gasteiger partial charge in [-0.05, 0) is 43.0 Å².